The summed E-state index contributed by atoms with van der Waals surface area (Å²) >= 11 is 6.09. The SMILES string of the molecule is CCCNc1ncc(C(=O)NCc2ncc(C)o2)cc1Cl. The summed E-state index contributed by atoms with van der Waals surface area (Å²) in [4.78, 5) is 20.2. The molecule has 0 saturated heterocycles. The maximum absolute atomic E-state index is 12.0. The summed E-state index contributed by atoms with van der Waals surface area (Å²) in [7, 11) is 0. The Hall–Kier alpha value is -2.08. The van der Waals surface area contributed by atoms with Gasteiger partial charge in [0.25, 0.3) is 5.91 Å². The predicted molar refractivity (Wildman–Crippen MR) is 80.4 cm³/mol. The number of anilines is 1. The molecule has 7 heteroatoms. The Bertz CT molecular complexity index is 627. The molecule has 0 unspecified atom stereocenters. The lowest BCUT2D eigenvalue weighted by Gasteiger charge is -2.08. The summed E-state index contributed by atoms with van der Waals surface area (Å²) in [6.07, 6.45) is 4.06. The van der Waals surface area contributed by atoms with E-state index >= 15 is 0 Å². The molecule has 2 N–H and O–H groups in total. The van der Waals surface area contributed by atoms with E-state index in [0.29, 0.717) is 28.1 Å². The average molecular weight is 309 g/mol. The van der Waals surface area contributed by atoms with Crippen LogP contribution in [-0.2, 0) is 6.54 Å². The van der Waals surface area contributed by atoms with Crippen LogP contribution in [0.5, 0.6) is 0 Å². The van der Waals surface area contributed by atoms with Crippen LogP contribution in [0.25, 0.3) is 0 Å². The van der Waals surface area contributed by atoms with Crippen molar-refractivity contribution in [2.75, 3.05) is 11.9 Å². The van der Waals surface area contributed by atoms with E-state index in [1.165, 1.54) is 6.20 Å². The van der Waals surface area contributed by atoms with Gasteiger partial charge < -0.3 is 15.1 Å². The topological polar surface area (TPSA) is 80.0 Å². The number of amides is 1. The molecule has 0 aromatic carbocycles. The van der Waals surface area contributed by atoms with Gasteiger partial charge >= 0.3 is 0 Å². The van der Waals surface area contributed by atoms with Crippen LogP contribution in [0.4, 0.5) is 5.82 Å². The third kappa shape index (κ3) is 4.19. The van der Waals surface area contributed by atoms with Crippen molar-refractivity contribution in [3.05, 3.63) is 40.7 Å². The zero-order chi connectivity index (χ0) is 15.2. The summed E-state index contributed by atoms with van der Waals surface area (Å²) in [6, 6.07) is 1.59. The number of aromatic nitrogens is 2. The fraction of sp³-hybridized carbons (Fsp3) is 0.357. The molecule has 1 amide bonds. The quantitative estimate of drug-likeness (QED) is 0.857. The standard InChI is InChI=1S/C14H17ClN4O2/c1-3-4-16-13-11(15)5-10(7-18-13)14(20)19-8-12-17-6-9(2)21-12/h5-7H,3-4,8H2,1-2H3,(H,16,18)(H,19,20). The number of halogens is 1. The molecular formula is C14H17ClN4O2. The maximum Gasteiger partial charge on any atom is 0.253 e. The van der Waals surface area contributed by atoms with Crippen LogP contribution in [-0.4, -0.2) is 22.4 Å². The van der Waals surface area contributed by atoms with Crippen molar-refractivity contribution >= 4 is 23.3 Å². The highest BCUT2D eigenvalue weighted by Gasteiger charge is 2.11. The first-order valence-corrected chi connectivity index (χ1v) is 7.07. The zero-order valence-corrected chi connectivity index (χ0v) is 12.7. The summed E-state index contributed by atoms with van der Waals surface area (Å²) in [5.74, 6) is 1.47. The number of carbonyl (C=O) groups excluding carboxylic acids is 1. The molecule has 0 atom stereocenters. The van der Waals surface area contributed by atoms with Crippen molar-refractivity contribution in [2.24, 2.45) is 0 Å². The summed E-state index contributed by atoms with van der Waals surface area (Å²) in [5, 5.41) is 6.21. The highest BCUT2D eigenvalue weighted by Crippen LogP contribution is 2.20. The molecule has 112 valence electrons. The van der Waals surface area contributed by atoms with Crippen molar-refractivity contribution in [3.63, 3.8) is 0 Å². The molecule has 6 nitrogen and oxygen atoms in total. The van der Waals surface area contributed by atoms with Gasteiger partial charge in [-0.25, -0.2) is 9.97 Å². The van der Waals surface area contributed by atoms with Crippen molar-refractivity contribution in [3.8, 4) is 0 Å². The van der Waals surface area contributed by atoms with Crippen LogP contribution in [0.1, 0.15) is 35.4 Å². The third-order valence-corrected chi connectivity index (χ3v) is 3.00. The minimum Gasteiger partial charge on any atom is -0.444 e. The molecule has 2 aromatic rings. The van der Waals surface area contributed by atoms with Gasteiger partial charge in [-0.2, -0.15) is 0 Å². The van der Waals surface area contributed by atoms with E-state index < -0.39 is 0 Å². The molecule has 0 spiro atoms. The molecule has 0 saturated carbocycles. The van der Waals surface area contributed by atoms with Crippen molar-refractivity contribution in [2.45, 2.75) is 26.8 Å². The van der Waals surface area contributed by atoms with Gasteiger partial charge in [0.2, 0.25) is 5.89 Å². The Labute approximate surface area is 127 Å². The number of hydrogen-bond donors (Lipinski definition) is 2. The minimum absolute atomic E-state index is 0.222. The minimum atomic E-state index is -0.276. The smallest absolute Gasteiger partial charge is 0.253 e. The molecule has 0 aliphatic heterocycles. The zero-order valence-electron chi connectivity index (χ0n) is 11.9. The number of nitrogens with zero attached hydrogens (tertiary/aromatic N) is 2. The molecule has 21 heavy (non-hydrogen) atoms. The molecule has 0 fully saturated rings. The molecule has 2 aromatic heterocycles. The third-order valence-electron chi connectivity index (χ3n) is 2.72. The second-order valence-corrected chi connectivity index (χ2v) is 4.94. The number of aryl methyl sites for hydroxylation is 1. The maximum atomic E-state index is 12.0. The highest BCUT2D eigenvalue weighted by atomic mass is 35.5. The molecular weight excluding hydrogens is 292 g/mol. The average Bonchev–Trinajstić information content (AvgIpc) is 2.89. The van der Waals surface area contributed by atoms with Crippen LogP contribution in [0, 0.1) is 6.92 Å². The predicted octanol–water partition coefficient (Wildman–Crippen LogP) is 2.78. The lowest BCUT2D eigenvalue weighted by molar-refractivity contribution is 0.0947. The number of rotatable bonds is 6. The fourth-order valence-electron chi connectivity index (χ4n) is 1.68. The summed E-state index contributed by atoms with van der Waals surface area (Å²) in [6.45, 7) is 4.85. The normalized spacial score (nSPS) is 10.4. The van der Waals surface area contributed by atoms with Gasteiger partial charge in [0, 0.05) is 12.7 Å². The van der Waals surface area contributed by atoms with Gasteiger partial charge in [0.1, 0.15) is 11.6 Å². The number of nitrogens with one attached hydrogen (secondary N) is 2. The lowest BCUT2D eigenvalue weighted by Crippen LogP contribution is -2.23. The van der Waals surface area contributed by atoms with Crippen molar-refractivity contribution in [1.82, 2.24) is 15.3 Å². The summed E-state index contributed by atoms with van der Waals surface area (Å²) in [5.41, 5.74) is 0.394. The lowest BCUT2D eigenvalue weighted by atomic mass is 10.2. The fourth-order valence-corrected chi connectivity index (χ4v) is 1.91. The van der Waals surface area contributed by atoms with E-state index in [-0.39, 0.29) is 12.5 Å². The van der Waals surface area contributed by atoms with E-state index in [0.717, 1.165) is 13.0 Å². The first-order valence-electron chi connectivity index (χ1n) is 6.69. The molecule has 0 aliphatic carbocycles. The number of oxazole rings is 1. The van der Waals surface area contributed by atoms with E-state index in [2.05, 4.69) is 20.6 Å². The van der Waals surface area contributed by atoms with Gasteiger partial charge in [-0.1, -0.05) is 18.5 Å². The van der Waals surface area contributed by atoms with Gasteiger partial charge in [-0.15, -0.1) is 0 Å². The Morgan fingerprint density at radius 2 is 2.19 bits per heavy atom. The number of carbonyl (C=O) groups is 1. The second-order valence-electron chi connectivity index (χ2n) is 4.53. The highest BCUT2D eigenvalue weighted by molar-refractivity contribution is 6.33. The second kappa shape index (κ2) is 7.08. The Kier molecular flexibility index (Phi) is 5.16. The Balaban J connectivity index is 1.97. The summed E-state index contributed by atoms with van der Waals surface area (Å²) < 4.78 is 5.28. The van der Waals surface area contributed by atoms with Crippen LogP contribution < -0.4 is 10.6 Å². The van der Waals surface area contributed by atoms with E-state index in [1.807, 2.05) is 6.92 Å². The first kappa shape index (κ1) is 15.3. The van der Waals surface area contributed by atoms with Crippen molar-refractivity contribution < 1.29 is 9.21 Å². The number of pyridine rings is 1. The molecule has 0 radical (unpaired) electrons. The van der Waals surface area contributed by atoms with Gasteiger partial charge in [-0.05, 0) is 19.4 Å². The van der Waals surface area contributed by atoms with Crippen LogP contribution >= 0.6 is 11.6 Å². The van der Waals surface area contributed by atoms with Gasteiger partial charge in [0.05, 0.1) is 23.3 Å². The van der Waals surface area contributed by atoms with Gasteiger partial charge in [0.15, 0.2) is 0 Å². The molecule has 0 aliphatic rings. The molecule has 2 heterocycles. The van der Waals surface area contributed by atoms with E-state index in [1.54, 1.807) is 19.2 Å². The molecule has 2 rings (SSSR count). The Morgan fingerprint density at radius 1 is 1.38 bits per heavy atom. The molecule has 0 bridgehead atoms. The monoisotopic (exact) mass is 308 g/mol. The first-order chi connectivity index (χ1) is 10.1. The number of hydrogen-bond acceptors (Lipinski definition) is 5. The van der Waals surface area contributed by atoms with E-state index in [9.17, 15) is 4.79 Å². The van der Waals surface area contributed by atoms with Gasteiger partial charge in [-0.3, -0.25) is 4.79 Å². The van der Waals surface area contributed by atoms with E-state index in [4.69, 9.17) is 16.0 Å². The van der Waals surface area contributed by atoms with Crippen LogP contribution in [0.2, 0.25) is 5.02 Å². The Morgan fingerprint density at radius 3 is 2.81 bits per heavy atom. The van der Waals surface area contributed by atoms with Crippen LogP contribution in [0.3, 0.4) is 0 Å². The largest absolute Gasteiger partial charge is 0.444 e. The van der Waals surface area contributed by atoms with Crippen molar-refractivity contribution in [1.29, 1.82) is 0 Å². The van der Waals surface area contributed by atoms with Crippen LogP contribution in [0.15, 0.2) is 22.9 Å².